The van der Waals surface area contributed by atoms with Gasteiger partial charge in [-0.25, -0.2) is 15.0 Å². The Hall–Kier alpha value is -2.09. The third-order valence-corrected chi connectivity index (χ3v) is 5.73. The molecule has 0 spiro atoms. The summed E-state index contributed by atoms with van der Waals surface area (Å²) in [4.78, 5) is 31.1. The maximum atomic E-state index is 12.6. The van der Waals surface area contributed by atoms with E-state index in [1.807, 2.05) is 11.1 Å². The summed E-state index contributed by atoms with van der Waals surface area (Å²) in [6.45, 7) is 3.01. The first-order valence-corrected chi connectivity index (χ1v) is 9.27. The number of aromatic amines is 1. The molecule has 2 aromatic heterocycles. The number of aromatic nitrogens is 4. The first-order valence-electron chi connectivity index (χ1n) is 8.28. The Morgan fingerprint density at radius 1 is 1.38 bits per heavy atom. The zero-order valence-electron chi connectivity index (χ0n) is 13.5. The topological polar surface area (TPSA) is 86.8 Å². The van der Waals surface area contributed by atoms with Gasteiger partial charge in [-0.2, -0.15) is 0 Å². The van der Waals surface area contributed by atoms with Crippen molar-refractivity contribution in [3.8, 4) is 0 Å². The molecule has 0 radical (unpaired) electrons. The maximum absolute atomic E-state index is 12.6. The van der Waals surface area contributed by atoms with Gasteiger partial charge in [-0.3, -0.25) is 4.79 Å². The summed E-state index contributed by atoms with van der Waals surface area (Å²) in [7, 11) is 0. The molecule has 1 fully saturated rings. The highest BCUT2D eigenvalue weighted by atomic mass is 32.2. The van der Waals surface area contributed by atoms with Crippen LogP contribution in [0.3, 0.4) is 0 Å². The van der Waals surface area contributed by atoms with E-state index in [-0.39, 0.29) is 5.91 Å². The highest BCUT2D eigenvalue weighted by Crippen LogP contribution is 2.29. The molecule has 126 valence electrons. The molecule has 8 heteroatoms. The van der Waals surface area contributed by atoms with Gasteiger partial charge < -0.3 is 15.2 Å². The summed E-state index contributed by atoms with van der Waals surface area (Å²) >= 11 is 1.60. The van der Waals surface area contributed by atoms with E-state index in [9.17, 15) is 4.79 Å². The average Bonchev–Trinajstić information content (AvgIpc) is 3.24. The monoisotopic (exact) mass is 344 g/mol. The van der Waals surface area contributed by atoms with E-state index < -0.39 is 0 Å². The molecule has 1 saturated carbocycles. The fourth-order valence-corrected chi connectivity index (χ4v) is 4.26. The number of amides is 1. The molecule has 0 unspecified atom stereocenters. The molecule has 1 amide bonds. The molecule has 0 bridgehead atoms. The Labute approximate surface area is 144 Å². The highest BCUT2D eigenvalue weighted by molar-refractivity contribution is 8.04. The number of fused-ring (bicyclic) bond motifs is 1. The van der Waals surface area contributed by atoms with Crippen LogP contribution in [0.4, 0.5) is 5.82 Å². The lowest BCUT2D eigenvalue weighted by molar-refractivity contribution is -0.117. The number of hydrogen-bond acceptors (Lipinski definition) is 6. The van der Waals surface area contributed by atoms with Gasteiger partial charge in [-0.05, 0) is 18.8 Å². The van der Waals surface area contributed by atoms with Crippen LogP contribution in [0.1, 0.15) is 26.2 Å². The molecule has 24 heavy (non-hydrogen) atoms. The van der Waals surface area contributed by atoms with Crippen molar-refractivity contribution in [2.45, 2.75) is 32.2 Å². The first-order chi connectivity index (χ1) is 11.7. The van der Waals surface area contributed by atoms with Crippen molar-refractivity contribution >= 4 is 34.7 Å². The number of nitrogens with one attached hydrogen (secondary N) is 2. The third kappa shape index (κ3) is 2.86. The van der Waals surface area contributed by atoms with Gasteiger partial charge in [0.2, 0.25) is 0 Å². The van der Waals surface area contributed by atoms with Crippen LogP contribution in [0.5, 0.6) is 0 Å². The summed E-state index contributed by atoms with van der Waals surface area (Å²) in [5.41, 5.74) is 1.43. The average molecular weight is 344 g/mol. The lowest BCUT2D eigenvalue weighted by Gasteiger charge is -2.26. The van der Waals surface area contributed by atoms with Crippen LogP contribution in [0.2, 0.25) is 0 Å². The van der Waals surface area contributed by atoms with Crippen molar-refractivity contribution in [1.82, 2.24) is 25.3 Å². The van der Waals surface area contributed by atoms with Gasteiger partial charge in [0.25, 0.3) is 5.91 Å². The molecule has 0 aromatic carbocycles. The molecule has 7 nitrogen and oxygen atoms in total. The van der Waals surface area contributed by atoms with Crippen LogP contribution in [0, 0.1) is 5.92 Å². The van der Waals surface area contributed by atoms with Gasteiger partial charge in [0.05, 0.1) is 11.2 Å². The van der Waals surface area contributed by atoms with Crippen molar-refractivity contribution in [3.63, 3.8) is 0 Å². The Kier molecular flexibility index (Phi) is 4.13. The fourth-order valence-electron chi connectivity index (χ4n) is 3.36. The summed E-state index contributed by atoms with van der Waals surface area (Å²) < 4.78 is 0. The molecule has 2 N–H and O–H groups in total. The molecule has 2 aromatic rings. The minimum absolute atomic E-state index is 0.0263. The molecule has 4 rings (SSSR count). The van der Waals surface area contributed by atoms with Gasteiger partial charge in [-0.15, -0.1) is 11.8 Å². The van der Waals surface area contributed by atoms with E-state index in [4.69, 9.17) is 0 Å². The van der Waals surface area contributed by atoms with Gasteiger partial charge in [0, 0.05) is 24.5 Å². The standard InChI is InChI=1S/C16H20N6OS/c1-10-3-2-4-11(10)21-16(23)12-7-22(5-6-24-12)15-13-14(18-8-17-13)19-9-20-15/h7-11H,2-6H2,1H3,(H,21,23)(H,17,18,19,20)/t10-,11+/m0/s1. The van der Waals surface area contributed by atoms with Crippen molar-refractivity contribution in [2.24, 2.45) is 5.92 Å². The number of rotatable bonds is 3. The molecule has 2 atom stereocenters. The van der Waals surface area contributed by atoms with Crippen LogP contribution in [-0.4, -0.2) is 44.2 Å². The first kappa shape index (κ1) is 15.4. The van der Waals surface area contributed by atoms with Gasteiger partial charge in [-0.1, -0.05) is 13.3 Å². The molecule has 1 aliphatic carbocycles. The van der Waals surface area contributed by atoms with E-state index in [1.165, 1.54) is 19.2 Å². The Morgan fingerprint density at radius 2 is 2.29 bits per heavy atom. The number of nitrogens with zero attached hydrogens (tertiary/aromatic N) is 4. The summed E-state index contributed by atoms with van der Waals surface area (Å²) in [6.07, 6.45) is 8.49. The Balaban J connectivity index is 1.56. The summed E-state index contributed by atoms with van der Waals surface area (Å²) in [5.74, 6) is 2.19. The van der Waals surface area contributed by atoms with Crippen molar-refractivity contribution < 1.29 is 4.79 Å². The fraction of sp³-hybridized carbons (Fsp3) is 0.500. The Morgan fingerprint density at radius 3 is 3.12 bits per heavy atom. The van der Waals surface area contributed by atoms with Crippen LogP contribution < -0.4 is 10.2 Å². The van der Waals surface area contributed by atoms with E-state index in [1.54, 1.807) is 18.1 Å². The number of anilines is 1. The Bertz CT molecular complexity index is 788. The lowest BCUT2D eigenvalue weighted by atomic mass is 10.1. The lowest BCUT2D eigenvalue weighted by Crippen LogP contribution is -2.38. The molecule has 1 aliphatic heterocycles. The van der Waals surface area contributed by atoms with E-state index >= 15 is 0 Å². The number of thioether (sulfide) groups is 1. The van der Waals surface area contributed by atoms with Crippen molar-refractivity contribution in [1.29, 1.82) is 0 Å². The number of hydrogen-bond donors (Lipinski definition) is 2. The predicted molar refractivity (Wildman–Crippen MR) is 94.5 cm³/mol. The van der Waals surface area contributed by atoms with E-state index in [0.29, 0.717) is 17.6 Å². The third-order valence-electron chi connectivity index (χ3n) is 4.74. The SMILES string of the molecule is C[C@H]1CCC[C@H]1NC(=O)C1=CN(c2ncnc3nc[nH]c23)CCS1. The summed E-state index contributed by atoms with van der Waals surface area (Å²) in [5, 5.41) is 3.19. The van der Waals surface area contributed by atoms with Crippen molar-refractivity contribution in [2.75, 3.05) is 17.2 Å². The van der Waals surface area contributed by atoms with Gasteiger partial charge in [0.1, 0.15) is 11.8 Å². The largest absolute Gasteiger partial charge is 0.349 e. The minimum Gasteiger partial charge on any atom is -0.349 e. The normalized spacial score (nSPS) is 24.2. The van der Waals surface area contributed by atoms with Crippen molar-refractivity contribution in [3.05, 3.63) is 23.8 Å². The maximum Gasteiger partial charge on any atom is 0.259 e. The number of carbonyl (C=O) groups excluding carboxylic acids is 1. The number of carbonyl (C=O) groups is 1. The molecular formula is C16H20N6OS. The zero-order valence-corrected chi connectivity index (χ0v) is 14.3. The van der Waals surface area contributed by atoms with Gasteiger partial charge in [0.15, 0.2) is 11.5 Å². The van der Waals surface area contributed by atoms with Crippen LogP contribution in [0.25, 0.3) is 11.2 Å². The zero-order chi connectivity index (χ0) is 16.5. The van der Waals surface area contributed by atoms with Gasteiger partial charge >= 0.3 is 0 Å². The molecular weight excluding hydrogens is 324 g/mol. The second-order valence-corrected chi connectivity index (χ2v) is 7.46. The second kappa shape index (κ2) is 6.43. The second-order valence-electron chi connectivity index (χ2n) is 6.32. The summed E-state index contributed by atoms with van der Waals surface area (Å²) in [6, 6.07) is 0.299. The van der Waals surface area contributed by atoms with Crippen LogP contribution >= 0.6 is 11.8 Å². The van der Waals surface area contributed by atoms with E-state index in [0.717, 1.165) is 35.0 Å². The number of imidazole rings is 1. The smallest absolute Gasteiger partial charge is 0.259 e. The highest BCUT2D eigenvalue weighted by Gasteiger charge is 2.27. The predicted octanol–water partition coefficient (Wildman–Crippen LogP) is 2.05. The quantitative estimate of drug-likeness (QED) is 0.886. The molecule has 0 saturated heterocycles. The van der Waals surface area contributed by atoms with E-state index in [2.05, 4.69) is 32.2 Å². The van der Waals surface area contributed by atoms with Crippen LogP contribution in [0.15, 0.2) is 23.8 Å². The number of H-pyrrole nitrogens is 1. The molecule has 3 heterocycles. The minimum atomic E-state index is 0.0263. The van der Waals surface area contributed by atoms with Crippen LogP contribution in [-0.2, 0) is 4.79 Å². The molecule has 2 aliphatic rings.